The molecule has 1 saturated heterocycles. The maximum Gasteiger partial charge on any atom is 0.379 e. The Hall–Kier alpha value is -2.16. The van der Waals surface area contributed by atoms with Crippen LogP contribution in [0.15, 0.2) is 30.3 Å². The van der Waals surface area contributed by atoms with E-state index >= 15 is 0 Å². The van der Waals surface area contributed by atoms with Gasteiger partial charge in [-0.25, -0.2) is 4.79 Å². The van der Waals surface area contributed by atoms with Crippen molar-refractivity contribution in [3.8, 4) is 0 Å². The Morgan fingerprint density at radius 1 is 0.453 bits per heavy atom. The van der Waals surface area contributed by atoms with Crippen molar-refractivity contribution in [3.63, 3.8) is 0 Å². The van der Waals surface area contributed by atoms with Gasteiger partial charge >= 0.3 is 5.97 Å². The fraction of sp³-hybridized carbons (Fsp3) is 0.784. The van der Waals surface area contributed by atoms with Crippen LogP contribution in [-0.4, -0.2) is 183 Å². The van der Waals surface area contributed by atoms with Gasteiger partial charge in [-0.3, -0.25) is 4.79 Å². The van der Waals surface area contributed by atoms with E-state index in [4.69, 9.17) is 66.3 Å². The third kappa shape index (κ3) is 29.8. The molecule has 0 aromatic heterocycles. The van der Waals surface area contributed by atoms with E-state index in [9.17, 15) is 9.59 Å². The summed E-state index contributed by atoms with van der Waals surface area (Å²) in [6, 6.07) is 8.26. The minimum Gasteiger partial charge on any atom is -0.457 e. The number of rotatable bonds is 39. The Balaban J connectivity index is 1.14. The molecule has 306 valence electrons. The van der Waals surface area contributed by atoms with Gasteiger partial charge in [0, 0.05) is 12.2 Å². The van der Waals surface area contributed by atoms with Gasteiger partial charge in [-0.05, 0) is 19.3 Å². The van der Waals surface area contributed by atoms with E-state index in [1.165, 1.54) is 0 Å². The average Bonchev–Trinajstić information content (AvgIpc) is 3.19. The van der Waals surface area contributed by atoms with Crippen molar-refractivity contribution in [2.45, 2.75) is 25.6 Å². The first-order chi connectivity index (χ1) is 26.3. The Kier molecular flexibility index (Phi) is 32.6. The van der Waals surface area contributed by atoms with E-state index in [0.717, 1.165) is 25.9 Å². The first-order valence-electron chi connectivity index (χ1n) is 18.6. The summed E-state index contributed by atoms with van der Waals surface area (Å²) in [5.74, 6) is -1.57. The Morgan fingerprint density at radius 3 is 1.13 bits per heavy atom. The number of ketones is 1. The maximum absolute atomic E-state index is 11.9. The average molecular weight is 763 g/mol. The first-order valence-corrected chi connectivity index (χ1v) is 18.6. The summed E-state index contributed by atoms with van der Waals surface area (Å²) >= 11 is 0. The lowest BCUT2D eigenvalue weighted by atomic mass is 10.1. The normalized spacial score (nSPS) is 14.5. The van der Waals surface area contributed by atoms with Crippen LogP contribution in [0.1, 0.15) is 29.6 Å². The van der Waals surface area contributed by atoms with Crippen molar-refractivity contribution in [1.29, 1.82) is 0 Å². The fourth-order valence-electron chi connectivity index (χ4n) is 4.35. The second-order valence-corrected chi connectivity index (χ2v) is 11.2. The van der Waals surface area contributed by atoms with Crippen LogP contribution in [0.25, 0.3) is 0 Å². The Bertz CT molecular complexity index is 950. The van der Waals surface area contributed by atoms with Crippen LogP contribution in [0.3, 0.4) is 0 Å². The minimum atomic E-state index is -0.898. The Labute approximate surface area is 314 Å². The number of carbonyl (C=O) groups is 2. The molecule has 1 aromatic carbocycles. The molecule has 0 amide bonds. The van der Waals surface area contributed by atoms with Gasteiger partial charge in [0.2, 0.25) is 0 Å². The largest absolute Gasteiger partial charge is 0.457 e. The molecule has 1 atom stereocenters. The van der Waals surface area contributed by atoms with Gasteiger partial charge in [-0.15, -0.1) is 0 Å². The molecule has 0 bridgehead atoms. The van der Waals surface area contributed by atoms with E-state index < -0.39 is 11.8 Å². The van der Waals surface area contributed by atoms with Crippen molar-refractivity contribution in [2.75, 3.05) is 165 Å². The summed E-state index contributed by atoms with van der Waals surface area (Å²) in [5, 5.41) is 0. The molecule has 1 unspecified atom stereocenters. The van der Waals surface area contributed by atoms with Crippen LogP contribution in [0.5, 0.6) is 0 Å². The number of Topliss-reactive ketones (excluding diaryl/α,β-unsaturated/α-hetero) is 1. The lowest BCUT2D eigenvalue weighted by Gasteiger charge is -2.22. The maximum atomic E-state index is 11.9. The highest BCUT2D eigenvalue weighted by atomic mass is 16.7. The van der Waals surface area contributed by atoms with Gasteiger partial charge in [0.05, 0.1) is 152 Å². The summed E-state index contributed by atoms with van der Waals surface area (Å²) in [4.78, 5) is 23.6. The molecule has 2 rings (SSSR count). The topological polar surface area (TPSA) is 163 Å². The van der Waals surface area contributed by atoms with Gasteiger partial charge < -0.3 is 66.3 Å². The van der Waals surface area contributed by atoms with Gasteiger partial charge in [-0.1, -0.05) is 30.3 Å². The number of benzene rings is 1. The van der Waals surface area contributed by atoms with Crippen molar-refractivity contribution in [2.24, 2.45) is 0 Å². The van der Waals surface area contributed by atoms with Crippen LogP contribution in [0, 0.1) is 0 Å². The van der Waals surface area contributed by atoms with E-state index in [2.05, 4.69) is 0 Å². The summed E-state index contributed by atoms with van der Waals surface area (Å²) in [6.45, 7) is 11.5. The van der Waals surface area contributed by atoms with Gasteiger partial charge in [0.25, 0.3) is 5.78 Å². The predicted octanol–water partition coefficient (Wildman–Crippen LogP) is 2.14. The molecule has 0 saturated carbocycles. The second kappa shape index (κ2) is 36.8. The standard InChI is InChI=1S/C37H62O16/c38-36(34-6-2-1-3-7-34)37(39)53-33-31-50-29-27-48-25-23-46-21-19-44-17-15-42-13-11-40-10-12-41-14-16-43-18-20-45-22-24-47-26-28-49-30-32-52-35-8-4-5-9-51-35/h1-3,6-7,35H,4-5,8-33H2. The van der Waals surface area contributed by atoms with E-state index in [0.29, 0.717) is 151 Å². The molecule has 1 aliphatic heterocycles. The molecule has 1 heterocycles. The highest BCUT2D eigenvalue weighted by Gasteiger charge is 2.17. The van der Waals surface area contributed by atoms with Crippen LogP contribution in [0.4, 0.5) is 0 Å². The zero-order chi connectivity index (χ0) is 37.5. The summed E-state index contributed by atoms with van der Waals surface area (Å²) in [7, 11) is 0. The van der Waals surface area contributed by atoms with Crippen LogP contribution in [0.2, 0.25) is 0 Å². The summed E-state index contributed by atoms with van der Waals surface area (Å²) < 4.78 is 76.1. The molecule has 16 nitrogen and oxygen atoms in total. The molecule has 0 radical (unpaired) electrons. The number of carbonyl (C=O) groups excluding carboxylic acids is 2. The van der Waals surface area contributed by atoms with Crippen LogP contribution < -0.4 is 0 Å². The van der Waals surface area contributed by atoms with E-state index in [1.807, 2.05) is 0 Å². The van der Waals surface area contributed by atoms with Gasteiger partial charge in [0.15, 0.2) is 6.29 Å². The molecule has 1 fully saturated rings. The SMILES string of the molecule is O=C(OCCOCCOCCOCCOCCOCCOCCOCCOCCOCCOCCOCCOC1CCCCO1)C(=O)c1ccccc1. The van der Waals surface area contributed by atoms with Crippen molar-refractivity contribution in [3.05, 3.63) is 35.9 Å². The molecular weight excluding hydrogens is 700 g/mol. The first kappa shape index (κ1) is 47.0. The van der Waals surface area contributed by atoms with E-state index in [-0.39, 0.29) is 19.5 Å². The number of hydrogen-bond acceptors (Lipinski definition) is 16. The molecule has 1 aliphatic rings. The molecule has 1 aromatic rings. The van der Waals surface area contributed by atoms with Crippen LogP contribution in [-0.2, 0) is 71.1 Å². The smallest absolute Gasteiger partial charge is 0.379 e. The minimum absolute atomic E-state index is 0.00439. The molecule has 0 spiro atoms. The molecule has 0 N–H and O–H groups in total. The highest BCUT2D eigenvalue weighted by Crippen LogP contribution is 2.13. The Morgan fingerprint density at radius 2 is 0.792 bits per heavy atom. The predicted molar refractivity (Wildman–Crippen MR) is 190 cm³/mol. The number of esters is 1. The highest BCUT2D eigenvalue weighted by molar-refractivity contribution is 6.40. The molecule has 16 heteroatoms. The van der Waals surface area contributed by atoms with Gasteiger partial charge in [0.1, 0.15) is 6.61 Å². The number of ether oxygens (including phenoxy) is 14. The summed E-state index contributed by atoms with van der Waals surface area (Å²) in [6.07, 6.45) is 3.16. The monoisotopic (exact) mass is 762 g/mol. The van der Waals surface area contributed by atoms with Crippen molar-refractivity contribution in [1.82, 2.24) is 0 Å². The quantitative estimate of drug-likeness (QED) is 0.0415. The molecular formula is C37H62O16. The zero-order valence-electron chi connectivity index (χ0n) is 31.3. The summed E-state index contributed by atoms with van der Waals surface area (Å²) in [5.41, 5.74) is 0.294. The van der Waals surface area contributed by atoms with Gasteiger partial charge in [-0.2, -0.15) is 0 Å². The lowest BCUT2D eigenvalue weighted by Crippen LogP contribution is -2.24. The van der Waals surface area contributed by atoms with E-state index in [1.54, 1.807) is 30.3 Å². The third-order valence-corrected chi connectivity index (χ3v) is 7.07. The van der Waals surface area contributed by atoms with Crippen molar-refractivity contribution >= 4 is 11.8 Å². The molecule has 0 aliphatic carbocycles. The van der Waals surface area contributed by atoms with Crippen LogP contribution >= 0.6 is 0 Å². The van der Waals surface area contributed by atoms with Crippen molar-refractivity contribution < 1.29 is 75.9 Å². The lowest BCUT2D eigenvalue weighted by molar-refractivity contribution is -0.169. The zero-order valence-corrected chi connectivity index (χ0v) is 31.3. The fourth-order valence-corrected chi connectivity index (χ4v) is 4.35. The molecule has 53 heavy (non-hydrogen) atoms. The number of hydrogen-bond donors (Lipinski definition) is 0. The second-order valence-electron chi connectivity index (χ2n) is 11.2. The third-order valence-electron chi connectivity index (χ3n) is 7.07.